The maximum Gasteiger partial charge on any atom is 0.339 e. The van der Waals surface area contributed by atoms with Gasteiger partial charge in [-0.25, -0.2) is 4.79 Å². The van der Waals surface area contributed by atoms with Crippen LogP contribution in [0.5, 0.6) is 0 Å². The van der Waals surface area contributed by atoms with E-state index in [9.17, 15) is 9.59 Å². The number of nitrogens with one attached hydrogen (secondary N) is 2. The monoisotopic (exact) mass is 234 g/mol. The molecule has 0 saturated heterocycles. The summed E-state index contributed by atoms with van der Waals surface area (Å²) < 4.78 is 4.90. The van der Waals surface area contributed by atoms with Gasteiger partial charge in [0.2, 0.25) is 0 Å². The molecule has 2 heterocycles. The van der Waals surface area contributed by atoms with Gasteiger partial charge in [0.15, 0.2) is 5.76 Å². The quantitative estimate of drug-likeness (QED) is 0.755. The Morgan fingerprint density at radius 3 is 2.82 bits per heavy atom. The largest absolute Gasteiger partial charge is 0.478 e. The summed E-state index contributed by atoms with van der Waals surface area (Å²) in [6.07, 6.45) is 2.80. The van der Waals surface area contributed by atoms with Gasteiger partial charge >= 0.3 is 5.97 Å². The molecule has 2 rings (SSSR count). The van der Waals surface area contributed by atoms with Gasteiger partial charge in [0, 0.05) is 11.9 Å². The number of carbonyl (C=O) groups is 2. The molecule has 2 aromatic heterocycles. The van der Waals surface area contributed by atoms with Gasteiger partial charge in [0.05, 0.1) is 12.0 Å². The fourth-order valence-electron chi connectivity index (χ4n) is 1.49. The van der Waals surface area contributed by atoms with E-state index in [1.165, 1.54) is 18.5 Å². The summed E-state index contributed by atoms with van der Waals surface area (Å²) in [4.78, 5) is 25.4. The number of hydrogen-bond acceptors (Lipinski definition) is 3. The van der Waals surface area contributed by atoms with Crippen LogP contribution in [-0.2, 0) is 0 Å². The second-order valence-corrected chi connectivity index (χ2v) is 3.44. The fraction of sp³-hybridized carbons (Fsp3) is 0.0909. The normalized spacial score (nSPS) is 10.2. The molecule has 0 aromatic carbocycles. The summed E-state index contributed by atoms with van der Waals surface area (Å²) in [5.41, 5.74) is 0.744. The van der Waals surface area contributed by atoms with E-state index < -0.39 is 11.9 Å². The van der Waals surface area contributed by atoms with Crippen molar-refractivity contribution in [3.05, 3.63) is 41.6 Å². The van der Waals surface area contributed by atoms with Gasteiger partial charge in [0.25, 0.3) is 5.91 Å². The number of aromatic nitrogens is 1. The summed E-state index contributed by atoms with van der Waals surface area (Å²) >= 11 is 0. The molecular formula is C11H10N2O4. The van der Waals surface area contributed by atoms with E-state index in [0.29, 0.717) is 5.69 Å². The smallest absolute Gasteiger partial charge is 0.339 e. The second kappa shape index (κ2) is 4.17. The number of amides is 1. The van der Waals surface area contributed by atoms with Crippen molar-refractivity contribution in [2.24, 2.45) is 0 Å². The molecule has 0 fully saturated rings. The summed E-state index contributed by atoms with van der Waals surface area (Å²) in [5, 5.41) is 11.5. The molecule has 0 saturated carbocycles. The number of carbonyl (C=O) groups excluding carboxylic acids is 1. The van der Waals surface area contributed by atoms with Crippen LogP contribution in [0.4, 0.5) is 5.69 Å². The topological polar surface area (TPSA) is 95.3 Å². The van der Waals surface area contributed by atoms with Crippen LogP contribution in [0.15, 0.2) is 29.0 Å². The standard InChI is InChI=1S/C11H10N2O4/c1-6-9(11(15)16)7(5-12-6)13-10(14)8-3-2-4-17-8/h2-5,12H,1H3,(H,13,14)(H,15,16). The molecule has 0 spiro atoms. The third-order valence-corrected chi connectivity index (χ3v) is 2.28. The molecule has 0 aliphatic rings. The minimum Gasteiger partial charge on any atom is -0.478 e. The Labute approximate surface area is 96.3 Å². The van der Waals surface area contributed by atoms with Gasteiger partial charge in [-0.15, -0.1) is 0 Å². The highest BCUT2D eigenvalue weighted by Crippen LogP contribution is 2.19. The van der Waals surface area contributed by atoms with Crippen LogP contribution >= 0.6 is 0 Å². The van der Waals surface area contributed by atoms with E-state index in [0.717, 1.165) is 0 Å². The molecular weight excluding hydrogens is 224 g/mol. The van der Waals surface area contributed by atoms with Crippen LogP contribution in [0.2, 0.25) is 0 Å². The summed E-state index contributed by atoms with van der Waals surface area (Å²) in [6, 6.07) is 3.07. The van der Waals surface area contributed by atoms with Crippen molar-refractivity contribution in [1.82, 2.24) is 4.98 Å². The van der Waals surface area contributed by atoms with E-state index in [1.54, 1.807) is 13.0 Å². The van der Waals surface area contributed by atoms with E-state index in [-0.39, 0.29) is 17.0 Å². The lowest BCUT2D eigenvalue weighted by atomic mass is 10.2. The number of rotatable bonds is 3. The SMILES string of the molecule is Cc1[nH]cc(NC(=O)c2ccco2)c1C(=O)O. The van der Waals surface area contributed by atoms with Gasteiger partial charge in [-0.3, -0.25) is 4.79 Å². The number of hydrogen-bond donors (Lipinski definition) is 3. The Kier molecular flexibility index (Phi) is 2.70. The number of H-pyrrole nitrogens is 1. The molecule has 0 radical (unpaired) electrons. The van der Waals surface area contributed by atoms with E-state index in [1.807, 2.05) is 0 Å². The molecule has 2 aromatic rings. The Morgan fingerprint density at radius 1 is 1.47 bits per heavy atom. The van der Waals surface area contributed by atoms with E-state index in [4.69, 9.17) is 9.52 Å². The third kappa shape index (κ3) is 2.05. The molecule has 6 heteroatoms. The molecule has 3 N–H and O–H groups in total. The summed E-state index contributed by atoms with van der Waals surface area (Å²) in [7, 11) is 0. The van der Waals surface area contributed by atoms with E-state index in [2.05, 4.69) is 10.3 Å². The zero-order valence-corrected chi connectivity index (χ0v) is 8.98. The molecule has 0 aliphatic carbocycles. The zero-order chi connectivity index (χ0) is 12.4. The predicted octanol–water partition coefficient (Wildman–Crippen LogP) is 1.87. The third-order valence-electron chi connectivity index (χ3n) is 2.28. The molecule has 17 heavy (non-hydrogen) atoms. The van der Waals surface area contributed by atoms with Crippen molar-refractivity contribution in [2.75, 3.05) is 5.32 Å². The fourth-order valence-corrected chi connectivity index (χ4v) is 1.49. The average Bonchev–Trinajstić information content (AvgIpc) is 2.87. The second-order valence-electron chi connectivity index (χ2n) is 3.44. The number of furan rings is 1. The number of aryl methyl sites for hydroxylation is 1. The molecule has 0 unspecified atom stereocenters. The lowest BCUT2D eigenvalue weighted by molar-refractivity contribution is 0.0697. The minimum atomic E-state index is -1.10. The average molecular weight is 234 g/mol. The predicted molar refractivity (Wildman–Crippen MR) is 59.2 cm³/mol. The molecule has 88 valence electrons. The van der Waals surface area contributed by atoms with Crippen molar-refractivity contribution in [1.29, 1.82) is 0 Å². The minimum absolute atomic E-state index is 0.0462. The number of aromatic carboxylic acids is 1. The summed E-state index contributed by atoms with van der Waals surface area (Å²) in [5.74, 6) is -1.46. The molecule has 0 aliphatic heterocycles. The Morgan fingerprint density at radius 2 is 2.24 bits per heavy atom. The first kappa shape index (κ1) is 11.0. The zero-order valence-electron chi connectivity index (χ0n) is 8.98. The number of anilines is 1. The maximum atomic E-state index is 11.6. The Hall–Kier alpha value is -2.50. The highest BCUT2D eigenvalue weighted by Gasteiger charge is 2.18. The lowest BCUT2D eigenvalue weighted by Crippen LogP contribution is -2.13. The van der Waals surface area contributed by atoms with Crippen LogP contribution in [-0.4, -0.2) is 22.0 Å². The van der Waals surface area contributed by atoms with Crippen molar-refractivity contribution in [3.8, 4) is 0 Å². The van der Waals surface area contributed by atoms with Gasteiger partial charge in [-0.1, -0.05) is 0 Å². The summed E-state index contributed by atoms with van der Waals surface area (Å²) in [6.45, 7) is 1.62. The molecule has 0 bridgehead atoms. The van der Waals surface area contributed by atoms with Gasteiger partial charge < -0.3 is 19.8 Å². The number of aromatic amines is 1. The van der Waals surface area contributed by atoms with Crippen LogP contribution in [0.25, 0.3) is 0 Å². The van der Waals surface area contributed by atoms with Crippen molar-refractivity contribution < 1.29 is 19.1 Å². The lowest BCUT2D eigenvalue weighted by Gasteiger charge is -2.02. The Bertz CT molecular complexity index is 554. The first-order chi connectivity index (χ1) is 8.09. The van der Waals surface area contributed by atoms with Gasteiger partial charge in [-0.05, 0) is 19.1 Å². The number of carboxylic acid groups (broad SMARTS) is 1. The van der Waals surface area contributed by atoms with Crippen LogP contribution in [0.3, 0.4) is 0 Å². The van der Waals surface area contributed by atoms with Crippen molar-refractivity contribution >= 4 is 17.6 Å². The highest BCUT2D eigenvalue weighted by atomic mass is 16.4. The Balaban J connectivity index is 2.25. The number of carboxylic acids is 1. The van der Waals surface area contributed by atoms with Crippen LogP contribution in [0.1, 0.15) is 26.6 Å². The molecule has 1 amide bonds. The van der Waals surface area contributed by atoms with Crippen LogP contribution in [0, 0.1) is 6.92 Å². The molecule has 0 atom stereocenters. The first-order valence-corrected chi connectivity index (χ1v) is 4.85. The van der Waals surface area contributed by atoms with Crippen LogP contribution < -0.4 is 5.32 Å². The van der Waals surface area contributed by atoms with Gasteiger partial charge in [-0.2, -0.15) is 0 Å². The van der Waals surface area contributed by atoms with Gasteiger partial charge in [0.1, 0.15) is 5.56 Å². The first-order valence-electron chi connectivity index (χ1n) is 4.85. The van der Waals surface area contributed by atoms with Crippen molar-refractivity contribution in [2.45, 2.75) is 6.92 Å². The maximum absolute atomic E-state index is 11.6. The van der Waals surface area contributed by atoms with Crippen molar-refractivity contribution in [3.63, 3.8) is 0 Å². The van der Waals surface area contributed by atoms with E-state index >= 15 is 0 Å². The highest BCUT2D eigenvalue weighted by molar-refractivity contribution is 6.06. The molecule has 6 nitrogen and oxygen atoms in total.